The molecule has 0 spiro atoms. The predicted octanol–water partition coefficient (Wildman–Crippen LogP) is 0.359. The standard InChI is InChI=1S/C21H29N7O4S/c1-11(29)16(19(32)28(3)4)27-18(31)17-15(26-21(33-17)24-12(2)30)10-7-13-5-8-14(9-6-13)25-20(22)23/h5-6,8-9,11,16,29H,7,10H2,1-4H3,(H,27,31)(H4,22,23,25)(H,24,26,30)/t11-,16-/m0/s1. The smallest absolute Gasteiger partial charge is 0.264 e. The number of aliphatic imine (C=N–C) groups is 1. The normalized spacial score (nSPS) is 12.4. The van der Waals surface area contributed by atoms with Gasteiger partial charge >= 0.3 is 0 Å². The third-order valence-corrected chi connectivity index (χ3v) is 5.52. The summed E-state index contributed by atoms with van der Waals surface area (Å²) in [4.78, 5) is 46.7. The number of hydrogen-bond acceptors (Lipinski definition) is 7. The number of nitrogens with two attached hydrogens (primary N) is 2. The van der Waals surface area contributed by atoms with E-state index in [1.54, 1.807) is 12.1 Å². The first-order chi connectivity index (χ1) is 15.5. The highest BCUT2D eigenvalue weighted by atomic mass is 32.1. The van der Waals surface area contributed by atoms with Crippen LogP contribution in [0.15, 0.2) is 29.3 Å². The summed E-state index contributed by atoms with van der Waals surface area (Å²) in [6.07, 6.45) is -0.137. The van der Waals surface area contributed by atoms with Crippen molar-refractivity contribution in [1.29, 1.82) is 0 Å². The van der Waals surface area contributed by atoms with Crippen LogP contribution in [0.5, 0.6) is 0 Å². The van der Waals surface area contributed by atoms with E-state index in [1.807, 2.05) is 12.1 Å². The first-order valence-electron chi connectivity index (χ1n) is 10.1. The molecule has 0 bridgehead atoms. The van der Waals surface area contributed by atoms with Gasteiger partial charge in [0.15, 0.2) is 11.1 Å². The molecule has 178 valence electrons. The van der Waals surface area contributed by atoms with Crippen LogP contribution in [0.4, 0.5) is 10.8 Å². The van der Waals surface area contributed by atoms with Crippen LogP contribution in [0, 0.1) is 0 Å². The van der Waals surface area contributed by atoms with Gasteiger partial charge in [-0.3, -0.25) is 14.4 Å². The van der Waals surface area contributed by atoms with Crippen LogP contribution in [0.25, 0.3) is 0 Å². The van der Waals surface area contributed by atoms with Crippen molar-refractivity contribution in [1.82, 2.24) is 15.2 Å². The van der Waals surface area contributed by atoms with Crippen molar-refractivity contribution in [3.8, 4) is 0 Å². The Labute approximate surface area is 195 Å². The number of aliphatic hydroxyl groups excluding tert-OH is 1. The minimum atomic E-state index is -1.12. The van der Waals surface area contributed by atoms with Crippen LogP contribution in [-0.4, -0.2) is 64.9 Å². The first kappa shape index (κ1) is 25.7. The average molecular weight is 476 g/mol. The number of aryl methyl sites for hydroxylation is 2. The molecule has 1 aromatic heterocycles. The number of carbonyl (C=O) groups is 3. The Morgan fingerprint density at radius 2 is 1.82 bits per heavy atom. The van der Waals surface area contributed by atoms with E-state index in [4.69, 9.17) is 11.5 Å². The molecule has 2 aromatic rings. The molecular formula is C21H29N7O4S. The fourth-order valence-corrected chi connectivity index (χ4v) is 3.89. The summed E-state index contributed by atoms with van der Waals surface area (Å²) in [5.74, 6) is -1.34. The van der Waals surface area contributed by atoms with Crippen LogP contribution in [0.3, 0.4) is 0 Å². The van der Waals surface area contributed by atoms with Crippen molar-refractivity contribution in [3.63, 3.8) is 0 Å². The summed E-state index contributed by atoms with van der Waals surface area (Å²) >= 11 is 1.01. The zero-order valence-corrected chi connectivity index (χ0v) is 19.8. The highest BCUT2D eigenvalue weighted by molar-refractivity contribution is 7.17. The first-order valence-corrected chi connectivity index (χ1v) is 11.0. The molecule has 1 aromatic carbocycles. The zero-order valence-electron chi connectivity index (χ0n) is 19.0. The molecule has 0 aliphatic carbocycles. The van der Waals surface area contributed by atoms with Crippen molar-refractivity contribution in [2.45, 2.75) is 38.8 Å². The summed E-state index contributed by atoms with van der Waals surface area (Å²) in [6, 6.07) is 6.15. The number of aliphatic hydroxyl groups is 1. The van der Waals surface area contributed by atoms with E-state index in [-0.39, 0.29) is 21.9 Å². The zero-order chi connectivity index (χ0) is 24.7. The van der Waals surface area contributed by atoms with Gasteiger partial charge in [0, 0.05) is 21.0 Å². The maximum absolute atomic E-state index is 13.0. The molecule has 11 nitrogen and oxygen atoms in total. The lowest BCUT2D eigenvalue weighted by molar-refractivity contribution is -0.133. The Kier molecular flexibility index (Phi) is 8.88. The molecule has 2 atom stereocenters. The van der Waals surface area contributed by atoms with E-state index in [2.05, 4.69) is 20.6 Å². The minimum Gasteiger partial charge on any atom is -0.391 e. The third kappa shape index (κ3) is 7.54. The molecule has 0 saturated heterocycles. The van der Waals surface area contributed by atoms with Crippen molar-refractivity contribution >= 4 is 45.8 Å². The monoisotopic (exact) mass is 475 g/mol. The van der Waals surface area contributed by atoms with Gasteiger partial charge in [-0.05, 0) is 37.5 Å². The van der Waals surface area contributed by atoms with Gasteiger partial charge in [0.05, 0.1) is 17.5 Å². The van der Waals surface area contributed by atoms with Gasteiger partial charge in [-0.15, -0.1) is 0 Å². The molecule has 2 rings (SSSR count). The SMILES string of the molecule is CC(=O)Nc1nc(CCc2ccc(N=C(N)N)cc2)c(C(=O)N[C@H](C(=O)N(C)C)[C@H](C)O)s1. The lowest BCUT2D eigenvalue weighted by atomic mass is 10.1. The van der Waals surface area contributed by atoms with Crippen LogP contribution >= 0.6 is 11.3 Å². The molecule has 0 radical (unpaired) electrons. The van der Waals surface area contributed by atoms with Gasteiger partial charge in [-0.1, -0.05) is 23.5 Å². The number of nitrogens with zero attached hydrogens (tertiary/aromatic N) is 3. The van der Waals surface area contributed by atoms with Gasteiger partial charge in [-0.25, -0.2) is 9.98 Å². The van der Waals surface area contributed by atoms with E-state index in [1.165, 1.54) is 32.8 Å². The van der Waals surface area contributed by atoms with Gasteiger partial charge in [0.25, 0.3) is 5.91 Å². The second kappa shape index (κ2) is 11.4. The fourth-order valence-electron chi connectivity index (χ4n) is 2.93. The maximum Gasteiger partial charge on any atom is 0.264 e. The quantitative estimate of drug-likeness (QED) is 0.257. The van der Waals surface area contributed by atoms with Crippen molar-refractivity contribution in [3.05, 3.63) is 40.4 Å². The number of anilines is 1. The van der Waals surface area contributed by atoms with Crippen LogP contribution in [-0.2, 0) is 22.4 Å². The van der Waals surface area contributed by atoms with Crippen LogP contribution in [0.2, 0.25) is 0 Å². The molecular weight excluding hydrogens is 446 g/mol. The number of guanidine groups is 1. The Hall–Kier alpha value is -3.51. The fraction of sp³-hybridized carbons (Fsp3) is 0.381. The third-order valence-electron chi connectivity index (χ3n) is 4.51. The number of amides is 3. The number of carbonyl (C=O) groups excluding carboxylic acids is 3. The Bertz CT molecular complexity index is 1030. The lowest BCUT2D eigenvalue weighted by Crippen LogP contribution is -2.52. The molecule has 0 aliphatic heterocycles. The summed E-state index contributed by atoms with van der Waals surface area (Å²) in [7, 11) is 3.07. The number of aromatic nitrogens is 1. The summed E-state index contributed by atoms with van der Waals surface area (Å²) in [6.45, 7) is 2.77. The molecule has 0 fully saturated rings. The lowest BCUT2D eigenvalue weighted by Gasteiger charge is -2.23. The highest BCUT2D eigenvalue weighted by Crippen LogP contribution is 2.25. The van der Waals surface area contributed by atoms with Crippen LogP contribution < -0.4 is 22.1 Å². The molecule has 33 heavy (non-hydrogen) atoms. The van der Waals surface area contributed by atoms with Crippen LogP contribution in [0.1, 0.15) is 34.8 Å². The number of rotatable bonds is 9. The number of hydrogen-bond donors (Lipinski definition) is 5. The number of likely N-dealkylation sites (N-methyl/N-ethyl adjacent to an activating group) is 1. The number of benzene rings is 1. The van der Waals surface area contributed by atoms with Crippen molar-refractivity contribution < 1.29 is 19.5 Å². The molecule has 1 heterocycles. The Morgan fingerprint density at radius 1 is 1.18 bits per heavy atom. The predicted molar refractivity (Wildman–Crippen MR) is 127 cm³/mol. The van der Waals surface area contributed by atoms with Gasteiger partial charge in [-0.2, -0.15) is 0 Å². The van der Waals surface area contributed by atoms with Crippen molar-refractivity contribution in [2.75, 3.05) is 19.4 Å². The largest absolute Gasteiger partial charge is 0.391 e. The van der Waals surface area contributed by atoms with E-state index in [0.717, 1.165) is 16.9 Å². The van der Waals surface area contributed by atoms with E-state index < -0.39 is 24.0 Å². The highest BCUT2D eigenvalue weighted by Gasteiger charge is 2.29. The minimum absolute atomic E-state index is 0.0328. The van der Waals surface area contributed by atoms with Gasteiger partial charge in [0.1, 0.15) is 10.9 Å². The summed E-state index contributed by atoms with van der Waals surface area (Å²) in [5.41, 5.74) is 12.8. The average Bonchev–Trinajstić information content (AvgIpc) is 3.12. The van der Waals surface area contributed by atoms with Gasteiger partial charge < -0.3 is 32.1 Å². The molecule has 7 N–H and O–H groups in total. The molecule has 0 aliphatic rings. The van der Waals surface area contributed by atoms with Gasteiger partial charge in [0.2, 0.25) is 11.8 Å². The molecule has 0 unspecified atom stereocenters. The number of nitrogens with one attached hydrogen (secondary N) is 2. The van der Waals surface area contributed by atoms with E-state index in [0.29, 0.717) is 24.2 Å². The summed E-state index contributed by atoms with van der Waals surface area (Å²) in [5, 5.41) is 15.4. The van der Waals surface area contributed by atoms with Crippen molar-refractivity contribution in [2.24, 2.45) is 16.5 Å². The second-order valence-electron chi connectivity index (χ2n) is 7.60. The summed E-state index contributed by atoms with van der Waals surface area (Å²) < 4.78 is 0. The number of thiazole rings is 1. The van der Waals surface area contributed by atoms with E-state index >= 15 is 0 Å². The topological polar surface area (TPSA) is 176 Å². The molecule has 3 amide bonds. The Balaban J connectivity index is 2.24. The molecule has 0 saturated carbocycles. The Morgan fingerprint density at radius 3 is 2.33 bits per heavy atom. The second-order valence-corrected chi connectivity index (χ2v) is 8.60. The maximum atomic E-state index is 13.0. The van der Waals surface area contributed by atoms with E-state index in [9.17, 15) is 19.5 Å². The molecule has 12 heteroatoms.